The molecular formula is C12H22N2O3. The van der Waals surface area contributed by atoms with E-state index in [0.29, 0.717) is 19.5 Å². The van der Waals surface area contributed by atoms with Crippen molar-refractivity contribution < 1.29 is 14.7 Å². The molecule has 1 heterocycles. The molecule has 1 atom stereocenters. The summed E-state index contributed by atoms with van der Waals surface area (Å²) in [5, 5.41) is 9.18. The highest BCUT2D eigenvalue weighted by atomic mass is 16.4. The lowest BCUT2D eigenvalue weighted by Crippen LogP contribution is -2.49. The third-order valence-electron chi connectivity index (χ3n) is 3.17. The summed E-state index contributed by atoms with van der Waals surface area (Å²) in [6.45, 7) is 3.23. The Kier molecular flexibility index (Phi) is 5.25. The second-order valence-corrected chi connectivity index (χ2v) is 4.60. The number of amides is 2. The smallest absolute Gasteiger partial charge is 0.326 e. The van der Waals surface area contributed by atoms with E-state index in [2.05, 4.69) is 0 Å². The van der Waals surface area contributed by atoms with Gasteiger partial charge in [0.25, 0.3) is 0 Å². The van der Waals surface area contributed by atoms with Crippen LogP contribution in [0.3, 0.4) is 0 Å². The minimum atomic E-state index is -0.884. The zero-order valence-corrected chi connectivity index (χ0v) is 10.7. The van der Waals surface area contributed by atoms with E-state index in [1.54, 1.807) is 11.9 Å². The van der Waals surface area contributed by atoms with Gasteiger partial charge in [-0.25, -0.2) is 9.59 Å². The van der Waals surface area contributed by atoms with Gasteiger partial charge in [-0.2, -0.15) is 0 Å². The molecule has 0 spiro atoms. The van der Waals surface area contributed by atoms with Gasteiger partial charge < -0.3 is 14.9 Å². The minimum absolute atomic E-state index is 0.152. The first-order chi connectivity index (χ1) is 8.07. The summed E-state index contributed by atoms with van der Waals surface area (Å²) in [5.74, 6) is -0.884. The quantitative estimate of drug-likeness (QED) is 0.820. The molecule has 2 amide bonds. The summed E-state index contributed by atoms with van der Waals surface area (Å²) < 4.78 is 0. The molecule has 0 bridgehead atoms. The van der Waals surface area contributed by atoms with E-state index in [4.69, 9.17) is 0 Å². The first-order valence-electron chi connectivity index (χ1n) is 6.32. The van der Waals surface area contributed by atoms with Gasteiger partial charge in [0, 0.05) is 20.1 Å². The Hall–Kier alpha value is -1.26. The standard InChI is InChI=1S/C12H22N2O3/c1-3-8-13(2)12(17)14-9-6-4-5-7-10(14)11(15)16/h10H,3-9H2,1-2H3,(H,15,16). The molecule has 0 saturated carbocycles. The van der Waals surface area contributed by atoms with E-state index in [0.717, 1.165) is 25.7 Å². The Morgan fingerprint density at radius 2 is 2.06 bits per heavy atom. The molecule has 5 heteroatoms. The van der Waals surface area contributed by atoms with E-state index in [1.165, 1.54) is 4.90 Å². The zero-order chi connectivity index (χ0) is 12.8. The second-order valence-electron chi connectivity index (χ2n) is 4.60. The number of aliphatic carboxylic acids is 1. The zero-order valence-electron chi connectivity index (χ0n) is 10.7. The van der Waals surface area contributed by atoms with Crippen LogP contribution in [-0.4, -0.2) is 53.1 Å². The number of nitrogens with zero attached hydrogens (tertiary/aromatic N) is 2. The molecular weight excluding hydrogens is 220 g/mol. The number of carbonyl (C=O) groups is 2. The highest BCUT2D eigenvalue weighted by Crippen LogP contribution is 2.18. The Labute approximate surface area is 102 Å². The van der Waals surface area contributed by atoms with Gasteiger partial charge in [-0.1, -0.05) is 19.8 Å². The summed E-state index contributed by atoms with van der Waals surface area (Å²) >= 11 is 0. The Balaban J connectivity index is 2.74. The van der Waals surface area contributed by atoms with E-state index in [-0.39, 0.29) is 6.03 Å². The van der Waals surface area contributed by atoms with E-state index < -0.39 is 12.0 Å². The number of hydrogen-bond donors (Lipinski definition) is 1. The summed E-state index contributed by atoms with van der Waals surface area (Å²) in [6.07, 6.45) is 4.24. The number of carboxylic acids is 1. The number of hydrogen-bond acceptors (Lipinski definition) is 2. The molecule has 0 aromatic carbocycles. The van der Waals surface area contributed by atoms with Gasteiger partial charge in [-0.3, -0.25) is 0 Å². The van der Waals surface area contributed by atoms with Crippen molar-refractivity contribution in [3.63, 3.8) is 0 Å². The lowest BCUT2D eigenvalue weighted by Gasteiger charge is -2.31. The molecule has 0 radical (unpaired) electrons. The van der Waals surface area contributed by atoms with Crippen LogP contribution in [0.25, 0.3) is 0 Å². The van der Waals surface area contributed by atoms with Crippen molar-refractivity contribution >= 4 is 12.0 Å². The Morgan fingerprint density at radius 1 is 1.35 bits per heavy atom. The fourth-order valence-electron chi connectivity index (χ4n) is 2.24. The third-order valence-corrected chi connectivity index (χ3v) is 3.17. The number of likely N-dealkylation sites (tertiary alicyclic amines) is 1. The number of carbonyl (C=O) groups excluding carboxylic acids is 1. The maximum atomic E-state index is 12.1. The highest BCUT2D eigenvalue weighted by Gasteiger charge is 2.31. The van der Waals surface area contributed by atoms with Gasteiger partial charge in [0.05, 0.1) is 0 Å². The van der Waals surface area contributed by atoms with Crippen LogP contribution in [0.1, 0.15) is 39.0 Å². The molecule has 1 unspecified atom stereocenters. The van der Waals surface area contributed by atoms with Crippen LogP contribution in [0.5, 0.6) is 0 Å². The van der Waals surface area contributed by atoms with Crippen molar-refractivity contribution in [1.82, 2.24) is 9.80 Å². The van der Waals surface area contributed by atoms with E-state index >= 15 is 0 Å². The summed E-state index contributed by atoms with van der Waals surface area (Å²) in [5.41, 5.74) is 0. The van der Waals surface area contributed by atoms with Crippen LogP contribution in [-0.2, 0) is 4.79 Å². The number of carboxylic acid groups (broad SMARTS) is 1. The van der Waals surface area contributed by atoms with Gasteiger partial charge in [0.2, 0.25) is 0 Å². The van der Waals surface area contributed by atoms with Crippen molar-refractivity contribution in [1.29, 1.82) is 0 Å². The van der Waals surface area contributed by atoms with Gasteiger partial charge in [0.15, 0.2) is 0 Å². The summed E-state index contributed by atoms with van der Waals surface area (Å²) in [6, 6.07) is -0.801. The van der Waals surface area contributed by atoms with Gasteiger partial charge in [-0.05, 0) is 19.3 Å². The SMILES string of the molecule is CCCN(C)C(=O)N1CCCCCC1C(=O)O. The summed E-state index contributed by atoms with van der Waals surface area (Å²) in [4.78, 5) is 26.5. The molecule has 98 valence electrons. The molecule has 17 heavy (non-hydrogen) atoms. The maximum absolute atomic E-state index is 12.1. The molecule has 0 aromatic heterocycles. The van der Waals surface area contributed by atoms with Crippen LogP contribution in [0.15, 0.2) is 0 Å². The molecule has 5 nitrogen and oxygen atoms in total. The van der Waals surface area contributed by atoms with Gasteiger partial charge in [-0.15, -0.1) is 0 Å². The van der Waals surface area contributed by atoms with Crippen molar-refractivity contribution in [3.05, 3.63) is 0 Å². The average molecular weight is 242 g/mol. The lowest BCUT2D eigenvalue weighted by atomic mass is 10.1. The fourth-order valence-corrected chi connectivity index (χ4v) is 2.24. The second kappa shape index (κ2) is 6.47. The van der Waals surface area contributed by atoms with Crippen LogP contribution < -0.4 is 0 Å². The van der Waals surface area contributed by atoms with E-state index in [9.17, 15) is 14.7 Å². The van der Waals surface area contributed by atoms with Crippen molar-refractivity contribution in [2.24, 2.45) is 0 Å². The number of urea groups is 1. The van der Waals surface area contributed by atoms with Crippen LogP contribution >= 0.6 is 0 Å². The maximum Gasteiger partial charge on any atom is 0.326 e. The molecule has 1 fully saturated rings. The summed E-state index contributed by atoms with van der Waals surface area (Å²) in [7, 11) is 1.73. The first kappa shape index (κ1) is 13.8. The van der Waals surface area contributed by atoms with Crippen molar-refractivity contribution in [3.8, 4) is 0 Å². The molecule has 1 saturated heterocycles. The Morgan fingerprint density at radius 3 is 2.65 bits per heavy atom. The third kappa shape index (κ3) is 3.61. The minimum Gasteiger partial charge on any atom is -0.480 e. The van der Waals surface area contributed by atoms with Crippen LogP contribution in [0.4, 0.5) is 4.79 Å². The van der Waals surface area contributed by atoms with Crippen molar-refractivity contribution in [2.75, 3.05) is 20.1 Å². The predicted molar refractivity (Wildman–Crippen MR) is 64.9 cm³/mol. The highest BCUT2D eigenvalue weighted by molar-refractivity contribution is 5.82. The normalized spacial score (nSPS) is 20.8. The largest absolute Gasteiger partial charge is 0.480 e. The monoisotopic (exact) mass is 242 g/mol. The van der Waals surface area contributed by atoms with Crippen LogP contribution in [0.2, 0.25) is 0 Å². The van der Waals surface area contributed by atoms with Gasteiger partial charge in [0.1, 0.15) is 6.04 Å². The molecule has 0 aliphatic carbocycles. The first-order valence-corrected chi connectivity index (χ1v) is 6.32. The molecule has 1 rings (SSSR count). The van der Waals surface area contributed by atoms with E-state index in [1.807, 2.05) is 6.92 Å². The van der Waals surface area contributed by atoms with Crippen LogP contribution in [0, 0.1) is 0 Å². The predicted octanol–water partition coefficient (Wildman–Crippen LogP) is 1.78. The fraction of sp³-hybridized carbons (Fsp3) is 0.833. The molecule has 1 aliphatic heterocycles. The number of rotatable bonds is 3. The topological polar surface area (TPSA) is 60.9 Å². The lowest BCUT2D eigenvalue weighted by molar-refractivity contribution is -0.142. The van der Waals surface area contributed by atoms with Crippen molar-refractivity contribution in [2.45, 2.75) is 45.1 Å². The Bertz CT molecular complexity index is 281. The molecule has 1 aliphatic rings. The van der Waals surface area contributed by atoms with Gasteiger partial charge >= 0.3 is 12.0 Å². The molecule has 1 N–H and O–H groups in total. The average Bonchev–Trinajstić information content (AvgIpc) is 2.53. The molecule has 0 aromatic rings.